The second-order valence-electron chi connectivity index (χ2n) is 9.52. The first-order valence-electron chi connectivity index (χ1n) is 8.02. The van der Waals surface area contributed by atoms with E-state index in [2.05, 4.69) is 33.0 Å². The SMILES string of the molecule is CC1(C)CC(C(C)(C)C(O)O)(C(C)(C)C(O)O)CC(C)(C)N1. The molecule has 5 heteroatoms. The molecule has 1 rings (SSSR count). The zero-order chi connectivity index (χ0) is 17.8. The first-order valence-corrected chi connectivity index (χ1v) is 8.02. The summed E-state index contributed by atoms with van der Waals surface area (Å²) in [6.07, 6.45) is -1.87. The maximum Gasteiger partial charge on any atom is 0.157 e. The average molecular weight is 317 g/mol. The maximum atomic E-state index is 10.1. The van der Waals surface area contributed by atoms with Crippen molar-refractivity contribution >= 4 is 0 Å². The van der Waals surface area contributed by atoms with Crippen LogP contribution in [0.2, 0.25) is 0 Å². The van der Waals surface area contributed by atoms with E-state index in [0.29, 0.717) is 12.8 Å². The fourth-order valence-electron chi connectivity index (χ4n) is 4.81. The number of aliphatic hydroxyl groups excluding tert-OH is 2. The van der Waals surface area contributed by atoms with Crippen LogP contribution in [-0.2, 0) is 0 Å². The number of hydrogen-bond acceptors (Lipinski definition) is 5. The summed E-state index contributed by atoms with van der Waals surface area (Å²) >= 11 is 0. The van der Waals surface area contributed by atoms with Crippen molar-refractivity contribution in [2.75, 3.05) is 0 Å². The van der Waals surface area contributed by atoms with Gasteiger partial charge < -0.3 is 25.7 Å². The smallest absolute Gasteiger partial charge is 0.157 e. The first kappa shape index (κ1) is 19.8. The fourth-order valence-corrected chi connectivity index (χ4v) is 4.81. The highest BCUT2D eigenvalue weighted by molar-refractivity contribution is 5.14. The minimum Gasteiger partial charge on any atom is -0.368 e. The minimum absolute atomic E-state index is 0.264. The molecule has 0 aromatic heterocycles. The minimum atomic E-state index is -1.55. The highest BCUT2D eigenvalue weighted by Crippen LogP contribution is 2.63. The van der Waals surface area contributed by atoms with Crippen molar-refractivity contribution in [1.82, 2.24) is 5.32 Å². The summed E-state index contributed by atoms with van der Waals surface area (Å²) in [5.41, 5.74) is -3.02. The van der Waals surface area contributed by atoms with Gasteiger partial charge in [0.25, 0.3) is 0 Å². The van der Waals surface area contributed by atoms with Crippen molar-refractivity contribution in [3.05, 3.63) is 0 Å². The highest BCUT2D eigenvalue weighted by Gasteiger charge is 2.64. The molecule has 0 atom stereocenters. The molecule has 132 valence electrons. The Bertz CT molecular complexity index is 373. The van der Waals surface area contributed by atoms with E-state index in [1.807, 2.05) is 0 Å². The number of piperidine rings is 1. The van der Waals surface area contributed by atoms with Crippen LogP contribution in [0.5, 0.6) is 0 Å². The van der Waals surface area contributed by atoms with Crippen LogP contribution in [-0.4, -0.2) is 44.1 Å². The van der Waals surface area contributed by atoms with Crippen LogP contribution in [0.15, 0.2) is 0 Å². The highest BCUT2D eigenvalue weighted by atomic mass is 16.5. The van der Waals surface area contributed by atoms with Crippen molar-refractivity contribution < 1.29 is 20.4 Å². The molecule has 0 radical (unpaired) electrons. The van der Waals surface area contributed by atoms with E-state index in [0.717, 1.165) is 0 Å². The van der Waals surface area contributed by atoms with Crippen LogP contribution in [0.25, 0.3) is 0 Å². The van der Waals surface area contributed by atoms with Gasteiger partial charge in [0.2, 0.25) is 0 Å². The standard InChI is InChI=1S/C17H35NO4/c1-13(2)9-17(10-14(3,4)18-13,15(5,6)11(19)20)16(7,8)12(21)22/h11-12,18-22H,9-10H2,1-8H3. The molecule has 5 nitrogen and oxygen atoms in total. The largest absolute Gasteiger partial charge is 0.368 e. The third-order valence-electron chi connectivity index (χ3n) is 5.92. The molecule has 0 bridgehead atoms. The lowest BCUT2D eigenvalue weighted by Crippen LogP contribution is -2.70. The van der Waals surface area contributed by atoms with Gasteiger partial charge >= 0.3 is 0 Å². The summed E-state index contributed by atoms with van der Waals surface area (Å²) in [7, 11) is 0. The predicted molar refractivity (Wildman–Crippen MR) is 87.0 cm³/mol. The molecule has 0 saturated carbocycles. The molecular weight excluding hydrogens is 282 g/mol. The van der Waals surface area contributed by atoms with Gasteiger partial charge in [0.15, 0.2) is 12.6 Å². The molecule has 0 amide bonds. The van der Waals surface area contributed by atoms with E-state index in [1.54, 1.807) is 27.7 Å². The predicted octanol–water partition coefficient (Wildman–Crippen LogP) is 1.59. The Labute approximate surface area is 134 Å². The van der Waals surface area contributed by atoms with Crippen LogP contribution >= 0.6 is 0 Å². The fraction of sp³-hybridized carbons (Fsp3) is 1.00. The van der Waals surface area contributed by atoms with Crippen LogP contribution < -0.4 is 5.32 Å². The first-order chi connectivity index (χ1) is 9.51. The van der Waals surface area contributed by atoms with Crippen molar-refractivity contribution in [2.45, 2.75) is 91.9 Å². The monoisotopic (exact) mass is 317 g/mol. The Kier molecular flexibility index (Phi) is 4.89. The summed E-state index contributed by atoms with van der Waals surface area (Å²) in [5.74, 6) is 0. The second-order valence-corrected chi connectivity index (χ2v) is 9.52. The van der Waals surface area contributed by atoms with Gasteiger partial charge in [0.1, 0.15) is 0 Å². The van der Waals surface area contributed by atoms with Gasteiger partial charge in [0.05, 0.1) is 0 Å². The van der Waals surface area contributed by atoms with Crippen LogP contribution in [0.1, 0.15) is 68.2 Å². The molecule has 1 aliphatic rings. The van der Waals surface area contributed by atoms with E-state index in [1.165, 1.54) is 0 Å². The zero-order valence-electron chi connectivity index (χ0n) is 15.4. The maximum absolute atomic E-state index is 10.1. The van der Waals surface area contributed by atoms with Gasteiger partial charge in [-0.1, -0.05) is 27.7 Å². The van der Waals surface area contributed by atoms with E-state index < -0.39 is 28.8 Å². The normalized spacial score (nSPS) is 24.8. The molecule has 1 saturated heterocycles. The summed E-state index contributed by atoms with van der Waals surface area (Å²) < 4.78 is 0. The number of hydrogen-bond donors (Lipinski definition) is 5. The third-order valence-corrected chi connectivity index (χ3v) is 5.92. The molecular formula is C17H35NO4. The lowest BCUT2D eigenvalue weighted by molar-refractivity contribution is -0.272. The Morgan fingerprint density at radius 1 is 0.727 bits per heavy atom. The molecule has 1 aliphatic heterocycles. The zero-order valence-corrected chi connectivity index (χ0v) is 15.4. The molecule has 0 aromatic carbocycles. The summed E-state index contributed by atoms with van der Waals surface area (Å²) in [6.45, 7) is 15.5. The Hall–Kier alpha value is -0.200. The topological polar surface area (TPSA) is 93.0 Å². The Balaban J connectivity index is 3.61. The van der Waals surface area contributed by atoms with E-state index >= 15 is 0 Å². The van der Waals surface area contributed by atoms with Gasteiger partial charge in [-0.05, 0) is 46.0 Å². The molecule has 1 fully saturated rings. The van der Waals surface area contributed by atoms with Gasteiger partial charge in [-0.3, -0.25) is 0 Å². The number of aliphatic hydroxyl groups is 4. The van der Waals surface area contributed by atoms with E-state index in [9.17, 15) is 20.4 Å². The number of rotatable bonds is 4. The van der Waals surface area contributed by atoms with Crippen molar-refractivity contribution in [3.8, 4) is 0 Å². The lowest BCUT2D eigenvalue weighted by Gasteiger charge is -2.65. The summed E-state index contributed by atoms with van der Waals surface area (Å²) in [4.78, 5) is 0. The molecule has 22 heavy (non-hydrogen) atoms. The quantitative estimate of drug-likeness (QED) is 0.508. The van der Waals surface area contributed by atoms with Crippen LogP contribution in [0, 0.1) is 16.2 Å². The number of nitrogens with one attached hydrogen (secondary N) is 1. The van der Waals surface area contributed by atoms with Crippen LogP contribution in [0.3, 0.4) is 0 Å². The molecule has 0 aromatic rings. The van der Waals surface area contributed by atoms with Crippen molar-refractivity contribution in [3.63, 3.8) is 0 Å². The third kappa shape index (κ3) is 3.06. The lowest BCUT2D eigenvalue weighted by atomic mass is 9.44. The van der Waals surface area contributed by atoms with Gasteiger partial charge in [-0.25, -0.2) is 0 Å². The second kappa shape index (κ2) is 5.42. The van der Waals surface area contributed by atoms with E-state index in [4.69, 9.17) is 0 Å². The molecule has 1 heterocycles. The molecule has 0 aliphatic carbocycles. The van der Waals surface area contributed by atoms with Gasteiger partial charge in [0, 0.05) is 21.9 Å². The van der Waals surface area contributed by atoms with E-state index in [-0.39, 0.29) is 11.1 Å². The van der Waals surface area contributed by atoms with Crippen molar-refractivity contribution in [1.29, 1.82) is 0 Å². The van der Waals surface area contributed by atoms with Crippen molar-refractivity contribution in [2.24, 2.45) is 16.2 Å². The Morgan fingerprint density at radius 3 is 1.23 bits per heavy atom. The van der Waals surface area contributed by atoms with Gasteiger partial charge in [-0.15, -0.1) is 0 Å². The average Bonchev–Trinajstić information content (AvgIpc) is 2.23. The van der Waals surface area contributed by atoms with Gasteiger partial charge in [-0.2, -0.15) is 0 Å². The summed E-state index contributed by atoms with van der Waals surface area (Å²) in [5, 5.41) is 43.8. The summed E-state index contributed by atoms with van der Waals surface area (Å²) in [6, 6.07) is 0. The van der Waals surface area contributed by atoms with Crippen LogP contribution in [0.4, 0.5) is 0 Å². The molecule has 0 unspecified atom stereocenters. The molecule has 0 spiro atoms. The molecule has 5 N–H and O–H groups in total. The Morgan fingerprint density at radius 2 is 1.00 bits per heavy atom.